The van der Waals surface area contributed by atoms with Crippen LogP contribution in [0.4, 0.5) is 5.69 Å². The third-order valence-electron chi connectivity index (χ3n) is 3.41. The van der Waals surface area contributed by atoms with E-state index in [0.29, 0.717) is 6.42 Å². The molecule has 0 saturated carbocycles. The lowest BCUT2D eigenvalue weighted by atomic mass is 9.79. The van der Waals surface area contributed by atoms with Gasteiger partial charge in [-0.3, -0.25) is 4.79 Å². The maximum absolute atomic E-state index is 11.7. The third kappa shape index (κ3) is 3.26. The van der Waals surface area contributed by atoms with Crippen molar-refractivity contribution in [3.05, 3.63) is 41.1 Å². The highest BCUT2D eigenvalue weighted by Crippen LogP contribution is 2.34. The van der Waals surface area contributed by atoms with Gasteiger partial charge in [-0.05, 0) is 42.0 Å². The molecule has 1 aliphatic rings. The molecule has 0 bridgehead atoms. The van der Waals surface area contributed by atoms with Crippen molar-refractivity contribution in [1.82, 2.24) is 0 Å². The van der Waals surface area contributed by atoms with Crippen LogP contribution >= 0.6 is 0 Å². The number of hydrogen-bond donors (Lipinski definition) is 1. The number of carboxylic acids is 1. The molecular formula is C16H18NO3-. The number of carboxylic acid groups (broad SMARTS) is 1. The van der Waals surface area contributed by atoms with Crippen molar-refractivity contribution in [3.8, 4) is 0 Å². The number of carbonyl (C=O) groups is 2. The molecule has 20 heavy (non-hydrogen) atoms. The number of benzene rings is 1. The molecule has 0 aliphatic heterocycles. The minimum atomic E-state index is -1.19. The molecule has 0 spiro atoms. The van der Waals surface area contributed by atoms with E-state index < -0.39 is 5.97 Å². The number of nitrogens with one attached hydrogen (secondary N) is 1. The second-order valence-corrected chi connectivity index (χ2v) is 6.10. The van der Waals surface area contributed by atoms with E-state index in [2.05, 4.69) is 19.2 Å². The molecule has 2 rings (SSSR count). The summed E-state index contributed by atoms with van der Waals surface area (Å²) < 4.78 is 0. The summed E-state index contributed by atoms with van der Waals surface area (Å²) in [6, 6.07) is 4.77. The zero-order valence-electron chi connectivity index (χ0n) is 11.9. The lowest BCUT2D eigenvalue weighted by Crippen LogP contribution is -2.24. The normalized spacial score (nSPS) is 17.6. The first kappa shape index (κ1) is 14.3. The number of hydrogen-bond acceptors (Lipinski definition) is 4. The van der Waals surface area contributed by atoms with E-state index in [1.807, 2.05) is 6.92 Å². The highest BCUT2D eigenvalue weighted by molar-refractivity contribution is 5.92. The number of rotatable bonds is 3. The Balaban J connectivity index is 2.22. The molecule has 1 aromatic carbocycles. The molecule has 0 amide bonds. The summed E-state index contributed by atoms with van der Waals surface area (Å²) >= 11 is 0. The second-order valence-electron chi connectivity index (χ2n) is 6.10. The van der Waals surface area contributed by atoms with Crippen LogP contribution in [0.1, 0.15) is 42.6 Å². The predicted octanol–water partition coefficient (Wildman–Crippen LogP) is 2.04. The highest BCUT2D eigenvalue weighted by atomic mass is 16.4. The van der Waals surface area contributed by atoms with Gasteiger partial charge in [0.1, 0.15) is 0 Å². The monoisotopic (exact) mass is 272 g/mol. The van der Waals surface area contributed by atoms with Crippen molar-refractivity contribution in [2.24, 2.45) is 5.41 Å². The minimum absolute atomic E-state index is 0.0486. The first-order valence-electron chi connectivity index (χ1n) is 6.59. The Kier molecular flexibility index (Phi) is 3.66. The van der Waals surface area contributed by atoms with Crippen LogP contribution in [0.3, 0.4) is 0 Å². The van der Waals surface area contributed by atoms with Crippen LogP contribution in [-0.2, 0) is 4.79 Å². The molecule has 1 N–H and O–H groups in total. The van der Waals surface area contributed by atoms with Crippen molar-refractivity contribution in [1.29, 1.82) is 0 Å². The molecule has 1 aromatic rings. The first-order chi connectivity index (χ1) is 9.27. The van der Waals surface area contributed by atoms with Crippen molar-refractivity contribution < 1.29 is 14.7 Å². The molecule has 0 unspecified atom stereocenters. The smallest absolute Gasteiger partial charge is 0.157 e. The van der Waals surface area contributed by atoms with Crippen LogP contribution in [0.15, 0.2) is 30.0 Å². The Labute approximate surface area is 118 Å². The molecule has 1 aliphatic carbocycles. The molecular weight excluding hydrogens is 254 g/mol. The molecule has 4 nitrogen and oxygen atoms in total. The second kappa shape index (κ2) is 5.12. The highest BCUT2D eigenvalue weighted by Gasteiger charge is 2.27. The Bertz CT molecular complexity index is 600. The van der Waals surface area contributed by atoms with Gasteiger partial charge in [0.25, 0.3) is 0 Å². The molecule has 0 fully saturated rings. The van der Waals surface area contributed by atoms with Crippen LogP contribution in [0.2, 0.25) is 0 Å². The molecule has 0 atom stereocenters. The molecule has 0 radical (unpaired) electrons. The largest absolute Gasteiger partial charge is 0.545 e. The Morgan fingerprint density at radius 1 is 1.30 bits per heavy atom. The molecule has 0 aromatic heterocycles. The summed E-state index contributed by atoms with van der Waals surface area (Å²) in [6.45, 7) is 5.95. The lowest BCUT2D eigenvalue weighted by molar-refractivity contribution is -0.255. The molecule has 0 heterocycles. The van der Waals surface area contributed by atoms with Gasteiger partial charge in [0.05, 0.1) is 5.97 Å². The fourth-order valence-corrected chi connectivity index (χ4v) is 2.53. The van der Waals surface area contributed by atoms with Crippen LogP contribution in [0.5, 0.6) is 0 Å². The van der Waals surface area contributed by atoms with Gasteiger partial charge in [-0.1, -0.05) is 19.9 Å². The number of ketones is 1. The lowest BCUT2D eigenvalue weighted by Gasteiger charge is -2.29. The van der Waals surface area contributed by atoms with Gasteiger partial charge in [0.2, 0.25) is 0 Å². The number of aromatic carboxylic acids is 1. The van der Waals surface area contributed by atoms with E-state index >= 15 is 0 Å². The standard InChI is InChI=1S/C16H19NO3/c1-10-6-11(15(19)20)4-5-14(10)17-12-7-13(18)9-16(2,3)8-12/h4-7,17H,8-9H2,1-3H3,(H,19,20)/p-1. The fourth-order valence-electron chi connectivity index (χ4n) is 2.53. The van der Waals surface area contributed by atoms with E-state index in [4.69, 9.17) is 0 Å². The summed E-state index contributed by atoms with van der Waals surface area (Å²) in [4.78, 5) is 22.5. The Morgan fingerprint density at radius 3 is 2.55 bits per heavy atom. The van der Waals surface area contributed by atoms with Gasteiger partial charge in [0.15, 0.2) is 5.78 Å². The summed E-state index contributed by atoms with van der Waals surface area (Å²) in [6.07, 6.45) is 2.98. The maximum Gasteiger partial charge on any atom is 0.157 e. The summed E-state index contributed by atoms with van der Waals surface area (Å²) in [5.41, 5.74) is 2.60. The molecule has 0 saturated heterocycles. The van der Waals surface area contributed by atoms with Gasteiger partial charge < -0.3 is 15.2 Å². The van der Waals surface area contributed by atoms with E-state index in [-0.39, 0.29) is 16.8 Å². The van der Waals surface area contributed by atoms with E-state index in [1.165, 1.54) is 6.07 Å². The number of aryl methyl sites for hydroxylation is 1. The summed E-state index contributed by atoms with van der Waals surface area (Å²) in [5, 5.41) is 14.0. The van der Waals surface area contributed by atoms with Crippen molar-refractivity contribution in [2.45, 2.75) is 33.6 Å². The Morgan fingerprint density at radius 2 is 2.00 bits per heavy atom. The summed E-state index contributed by atoms with van der Waals surface area (Å²) in [5.74, 6) is -1.07. The third-order valence-corrected chi connectivity index (χ3v) is 3.41. The van der Waals surface area contributed by atoms with Crippen LogP contribution in [-0.4, -0.2) is 11.8 Å². The number of carbonyl (C=O) groups excluding carboxylic acids is 2. The van der Waals surface area contributed by atoms with Crippen molar-refractivity contribution >= 4 is 17.4 Å². The van der Waals surface area contributed by atoms with E-state index in [1.54, 1.807) is 18.2 Å². The van der Waals surface area contributed by atoms with Gasteiger partial charge in [-0.25, -0.2) is 0 Å². The van der Waals surface area contributed by atoms with Crippen molar-refractivity contribution in [2.75, 3.05) is 5.32 Å². The predicted molar refractivity (Wildman–Crippen MR) is 75.2 cm³/mol. The topological polar surface area (TPSA) is 69.2 Å². The number of allylic oxidation sites excluding steroid dienone is 2. The van der Waals surface area contributed by atoms with E-state index in [0.717, 1.165) is 23.4 Å². The van der Waals surface area contributed by atoms with Gasteiger partial charge in [-0.2, -0.15) is 0 Å². The number of anilines is 1. The fraction of sp³-hybridized carbons (Fsp3) is 0.375. The van der Waals surface area contributed by atoms with Gasteiger partial charge in [0, 0.05) is 23.9 Å². The minimum Gasteiger partial charge on any atom is -0.545 e. The van der Waals surface area contributed by atoms with E-state index in [9.17, 15) is 14.7 Å². The van der Waals surface area contributed by atoms with Crippen LogP contribution < -0.4 is 10.4 Å². The SMILES string of the molecule is Cc1cc(C(=O)[O-])ccc1NC1=CC(=O)CC(C)(C)C1. The average Bonchev–Trinajstić information content (AvgIpc) is 2.28. The van der Waals surface area contributed by atoms with Gasteiger partial charge >= 0.3 is 0 Å². The summed E-state index contributed by atoms with van der Waals surface area (Å²) in [7, 11) is 0. The molecule has 106 valence electrons. The average molecular weight is 272 g/mol. The quantitative estimate of drug-likeness (QED) is 0.914. The first-order valence-corrected chi connectivity index (χ1v) is 6.59. The van der Waals surface area contributed by atoms with Crippen LogP contribution in [0, 0.1) is 12.3 Å². The zero-order valence-corrected chi connectivity index (χ0v) is 11.9. The van der Waals surface area contributed by atoms with Crippen LogP contribution in [0.25, 0.3) is 0 Å². The zero-order chi connectivity index (χ0) is 14.9. The van der Waals surface area contributed by atoms with Gasteiger partial charge in [-0.15, -0.1) is 0 Å². The van der Waals surface area contributed by atoms with Crippen molar-refractivity contribution in [3.63, 3.8) is 0 Å². The Hall–Kier alpha value is -2.10. The molecule has 4 heteroatoms. The maximum atomic E-state index is 11.7.